The van der Waals surface area contributed by atoms with Crippen LogP contribution in [-0.2, 0) is 0 Å². The van der Waals surface area contributed by atoms with Crippen LogP contribution in [0, 0.1) is 19.8 Å². The van der Waals surface area contributed by atoms with Gasteiger partial charge in [-0.25, -0.2) is 0 Å². The van der Waals surface area contributed by atoms with Crippen LogP contribution >= 0.6 is 11.3 Å². The molecule has 1 atom stereocenters. The lowest BCUT2D eigenvalue weighted by molar-refractivity contribution is 0.382. The number of rotatable bonds is 2. The highest BCUT2D eigenvalue weighted by atomic mass is 32.1. The van der Waals surface area contributed by atoms with Gasteiger partial charge in [0.25, 0.3) is 0 Å². The highest BCUT2D eigenvalue weighted by molar-refractivity contribution is 7.12. The smallest absolute Gasteiger partial charge is 0.0334 e. The van der Waals surface area contributed by atoms with Crippen LogP contribution in [0.3, 0.4) is 0 Å². The van der Waals surface area contributed by atoms with E-state index in [1.165, 1.54) is 53.8 Å². The minimum absolute atomic E-state index is 0.281. The van der Waals surface area contributed by atoms with Crippen molar-refractivity contribution in [2.75, 3.05) is 0 Å². The molecule has 1 heterocycles. The molecule has 0 aromatic carbocycles. The molecule has 0 radical (unpaired) electrons. The molecule has 0 bridgehead atoms. The van der Waals surface area contributed by atoms with Gasteiger partial charge < -0.3 is 5.73 Å². The Morgan fingerprint density at radius 1 is 1.19 bits per heavy atom. The number of aryl methyl sites for hydroxylation is 2. The van der Waals surface area contributed by atoms with Crippen molar-refractivity contribution in [3.63, 3.8) is 0 Å². The molecular weight excluding hydrogens is 214 g/mol. The Kier molecular flexibility index (Phi) is 4.04. The molecule has 2 N–H and O–H groups in total. The van der Waals surface area contributed by atoms with Gasteiger partial charge in [-0.2, -0.15) is 0 Å². The summed E-state index contributed by atoms with van der Waals surface area (Å²) in [6.45, 7) is 4.39. The van der Waals surface area contributed by atoms with Crippen molar-refractivity contribution in [2.45, 2.75) is 58.4 Å². The lowest BCUT2D eigenvalue weighted by Gasteiger charge is -2.22. The van der Waals surface area contributed by atoms with Crippen LogP contribution in [0.5, 0.6) is 0 Å². The van der Waals surface area contributed by atoms with Gasteiger partial charge in [0.1, 0.15) is 0 Å². The number of nitrogens with two attached hydrogens (primary N) is 1. The van der Waals surface area contributed by atoms with Crippen molar-refractivity contribution in [2.24, 2.45) is 11.7 Å². The quantitative estimate of drug-likeness (QED) is 0.761. The average Bonchev–Trinajstić information content (AvgIpc) is 2.49. The zero-order valence-corrected chi connectivity index (χ0v) is 11.3. The van der Waals surface area contributed by atoms with Crippen molar-refractivity contribution in [3.8, 4) is 0 Å². The Morgan fingerprint density at radius 3 is 2.31 bits per heavy atom. The van der Waals surface area contributed by atoms with Crippen LogP contribution < -0.4 is 5.73 Å². The minimum Gasteiger partial charge on any atom is -0.324 e. The summed E-state index contributed by atoms with van der Waals surface area (Å²) in [7, 11) is 0. The molecule has 1 aromatic heterocycles. The summed E-state index contributed by atoms with van der Waals surface area (Å²) in [5.41, 5.74) is 7.87. The first-order valence-electron chi connectivity index (χ1n) is 6.51. The van der Waals surface area contributed by atoms with E-state index in [4.69, 9.17) is 5.73 Å². The van der Waals surface area contributed by atoms with Crippen molar-refractivity contribution in [3.05, 3.63) is 21.4 Å². The van der Waals surface area contributed by atoms with Crippen LogP contribution in [0.15, 0.2) is 6.07 Å². The number of hydrogen-bond acceptors (Lipinski definition) is 2. The molecule has 1 unspecified atom stereocenters. The summed E-state index contributed by atoms with van der Waals surface area (Å²) < 4.78 is 0. The van der Waals surface area contributed by atoms with Crippen molar-refractivity contribution < 1.29 is 0 Å². The summed E-state index contributed by atoms with van der Waals surface area (Å²) in [5.74, 6) is 0.718. The summed E-state index contributed by atoms with van der Waals surface area (Å²) >= 11 is 1.89. The maximum Gasteiger partial charge on any atom is 0.0334 e. The standard InChI is InChI=1S/C14H23NS/c1-10-9-13(11(2)16-10)14(15)12-7-5-3-4-6-8-12/h9,12,14H,3-8,15H2,1-2H3. The fourth-order valence-corrected chi connectivity index (χ4v) is 3.89. The van der Waals surface area contributed by atoms with E-state index >= 15 is 0 Å². The average molecular weight is 237 g/mol. The monoisotopic (exact) mass is 237 g/mol. The van der Waals surface area contributed by atoms with Gasteiger partial charge in [0.2, 0.25) is 0 Å². The third-order valence-corrected chi connectivity index (χ3v) is 4.83. The molecule has 0 saturated heterocycles. The Morgan fingerprint density at radius 2 is 1.81 bits per heavy atom. The Balaban J connectivity index is 2.10. The van der Waals surface area contributed by atoms with Gasteiger partial charge in [-0.1, -0.05) is 25.7 Å². The van der Waals surface area contributed by atoms with E-state index in [1.807, 2.05) is 11.3 Å². The predicted molar refractivity (Wildman–Crippen MR) is 71.9 cm³/mol. The molecule has 1 aromatic rings. The van der Waals surface area contributed by atoms with Gasteiger partial charge in [-0.05, 0) is 44.2 Å². The molecule has 1 fully saturated rings. The molecule has 1 saturated carbocycles. The fraction of sp³-hybridized carbons (Fsp3) is 0.714. The first-order valence-corrected chi connectivity index (χ1v) is 7.32. The first-order chi connectivity index (χ1) is 7.68. The summed E-state index contributed by atoms with van der Waals surface area (Å²) in [4.78, 5) is 2.82. The van der Waals surface area contributed by atoms with Crippen LogP contribution in [0.4, 0.5) is 0 Å². The molecule has 1 aliphatic carbocycles. The second kappa shape index (κ2) is 5.33. The molecule has 1 aliphatic rings. The zero-order valence-electron chi connectivity index (χ0n) is 10.5. The van der Waals surface area contributed by atoms with Crippen molar-refractivity contribution >= 4 is 11.3 Å². The van der Waals surface area contributed by atoms with Crippen LogP contribution in [0.25, 0.3) is 0 Å². The summed E-state index contributed by atoms with van der Waals surface area (Å²) in [6.07, 6.45) is 8.22. The van der Waals surface area contributed by atoms with E-state index in [0.717, 1.165) is 5.92 Å². The maximum absolute atomic E-state index is 6.46. The second-order valence-electron chi connectivity index (χ2n) is 5.15. The van der Waals surface area contributed by atoms with Gasteiger partial charge in [-0.15, -0.1) is 11.3 Å². The minimum atomic E-state index is 0.281. The normalized spacial score (nSPS) is 20.7. The third kappa shape index (κ3) is 2.67. The molecule has 0 aliphatic heterocycles. The largest absolute Gasteiger partial charge is 0.324 e. The molecule has 2 heteroatoms. The zero-order chi connectivity index (χ0) is 11.5. The van der Waals surface area contributed by atoms with Crippen LogP contribution in [0.2, 0.25) is 0 Å². The van der Waals surface area contributed by atoms with Crippen LogP contribution in [-0.4, -0.2) is 0 Å². The highest BCUT2D eigenvalue weighted by Crippen LogP contribution is 2.35. The van der Waals surface area contributed by atoms with E-state index < -0.39 is 0 Å². The van der Waals surface area contributed by atoms with Gasteiger partial charge in [0, 0.05) is 15.8 Å². The van der Waals surface area contributed by atoms with Gasteiger partial charge in [-0.3, -0.25) is 0 Å². The van der Waals surface area contributed by atoms with E-state index in [9.17, 15) is 0 Å². The second-order valence-corrected chi connectivity index (χ2v) is 6.61. The Bertz CT molecular complexity index is 335. The SMILES string of the molecule is Cc1cc(C(N)C2CCCCCC2)c(C)s1. The molecule has 1 nitrogen and oxygen atoms in total. The molecule has 2 rings (SSSR count). The van der Waals surface area contributed by atoms with E-state index in [-0.39, 0.29) is 6.04 Å². The van der Waals surface area contributed by atoms with E-state index in [2.05, 4.69) is 19.9 Å². The fourth-order valence-electron chi connectivity index (χ4n) is 2.91. The predicted octanol–water partition coefficient (Wildman–Crippen LogP) is 4.34. The van der Waals surface area contributed by atoms with E-state index in [1.54, 1.807) is 0 Å². The van der Waals surface area contributed by atoms with Gasteiger partial charge in [0.05, 0.1) is 0 Å². The highest BCUT2D eigenvalue weighted by Gasteiger charge is 2.22. The van der Waals surface area contributed by atoms with Gasteiger partial charge in [0.15, 0.2) is 0 Å². The van der Waals surface area contributed by atoms with Crippen molar-refractivity contribution in [1.82, 2.24) is 0 Å². The third-order valence-electron chi connectivity index (χ3n) is 3.85. The topological polar surface area (TPSA) is 26.0 Å². The Hall–Kier alpha value is -0.340. The molecule has 16 heavy (non-hydrogen) atoms. The number of thiophene rings is 1. The summed E-state index contributed by atoms with van der Waals surface area (Å²) in [6, 6.07) is 2.58. The maximum atomic E-state index is 6.46. The Labute approximate surface area is 103 Å². The lowest BCUT2D eigenvalue weighted by Crippen LogP contribution is -2.21. The summed E-state index contributed by atoms with van der Waals surface area (Å²) in [5, 5.41) is 0. The molecule has 0 spiro atoms. The van der Waals surface area contributed by atoms with E-state index in [0.29, 0.717) is 0 Å². The molecule has 0 amide bonds. The van der Waals surface area contributed by atoms with Crippen molar-refractivity contribution in [1.29, 1.82) is 0 Å². The van der Waals surface area contributed by atoms with Gasteiger partial charge >= 0.3 is 0 Å². The first kappa shape index (κ1) is 12.1. The molecular formula is C14H23NS. The molecule has 90 valence electrons. The van der Waals surface area contributed by atoms with Crippen LogP contribution in [0.1, 0.15) is 59.9 Å². The number of hydrogen-bond donors (Lipinski definition) is 1. The lowest BCUT2D eigenvalue weighted by atomic mass is 9.88.